The maximum absolute atomic E-state index is 12.9. The van der Waals surface area contributed by atoms with Crippen molar-refractivity contribution < 1.29 is 14.3 Å². The summed E-state index contributed by atoms with van der Waals surface area (Å²) in [6.07, 6.45) is 1.78. The number of piperidine rings is 1. The molecule has 3 aromatic rings. The van der Waals surface area contributed by atoms with Crippen LogP contribution in [-0.2, 0) is 4.79 Å². The average molecular weight is 416 g/mol. The van der Waals surface area contributed by atoms with Gasteiger partial charge in [0.05, 0.1) is 11.6 Å². The minimum atomic E-state index is -0.113. The molecule has 1 saturated heterocycles. The fourth-order valence-electron chi connectivity index (χ4n) is 4.07. The van der Waals surface area contributed by atoms with Gasteiger partial charge < -0.3 is 19.7 Å². The molecule has 1 aromatic heterocycles. The molecule has 1 atom stereocenters. The number of hydrogen-bond donors (Lipinski definition) is 1. The first-order chi connectivity index (χ1) is 15.2. The molecule has 31 heavy (non-hydrogen) atoms. The summed E-state index contributed by atoms with van der Waals surface area (Å²) in [6.45, 7) is 3.77. The first-order valence-corrected chi connectivity index (χ1v) is 10.5. The van der Waals surface area contributed by atoms with E-state index in [4.69, 9.17) is 9.47 Å². The summed E-state index contributed by atoms with van der Waals surface area (Å²) in [5, 5.41) is 11.9. The van der Waals surface area contributed by atoms with E-state index in [1.54, 1.807) is 6.07 Å². The van der Waals surface area contributed by atoms with Crippen LogP contribution in [0.25, 0.3) is 11.3 Å². The van der Waals surface area contributed by atoms with Crippen molar-refractivity contribution in [2.75, 3.05) is 30.1 Å². The van der Waals surface area contributed by atoms with Crippen LogP contribution in [-0.4, -0.2) is 36.0 Å². The topological polar surface area (TPSA) is 76.6 Å². The number of hydrogen-bond acceptors (Lipinski definition) is 6. The predicted octanol–water partition coefficient (Wildman–Crippen LogP) is 4.04. The van der Waals surface area contributed by atoms with Crippen LogP contribution in [0.2, 0.25) is 0 Å². The van der Waals surface area contributed by atoms with Gasteiger partial charge >= 0.3 is 0 Å². The van der Waals surface area contributed by atoms with Gasteiger partial charge in [-0.05, 0) is 50.1 Å². The monoisotopic (exact) mass is 416 g/mol. The molecule has 3 heterocycles. The molecule has 2 aliphatic rings. The summed E-state index contributed by atoms with van der Waals surface area (Å²) < 4.78 is 10.7. The Morgan fingerprint density at radius 3 is 2.81 bits per heavy atom. The lowest BCUT2D eigenvalue weighted by atomic mass is 9.97. The minimum Gasteiger partial charge on any atom is -0.454 e. The van der Waals surface area contributed by atoms with Gasteiger partial charge in [-0.2, -0.15) is 0 Å². The van der Waals surface area contributed by atoms with Crippen molar-refractivity contribution in [3.63, 3.8) is 0 Å². The molecule has 0 saturated carbocycles. The number of amides is 1. The van der Waals surface area contributed by atoms with Crippen molar-refractivity contribution in [3.8, 4) is 22.8 Å². The van der Waals surface area contributed by atoms with E-state index in [1.165, 1.54) is 5.56 Å². The molecule has 1 unspecified atom stereocenters. The van der Waals surface area contributed by atoms with Gasteiger partial charge in [0.25, 0.3) is 0 Å². The highest BCUT2D eigenvalue weighted by molar-refractivity contribution is 5.93. The average Bonchev–Trinajstić information content (AvgIpc) is 3.27. The maximum Gasteiger partial charge on any atom is 0.231 e. The molecule has 2 aromatic carbocycles. The van der Waals surface area contributed by atoms with Gasteiger partial charge in [-0.3, -0.25) is 4.79 Å². The fourth-order valence-corrected chi connectivity index (χ4v) is 4.07. The van der Waals surface area contributed by atoms with Gasteiger partial charge in [-0.1, -0.05) is 23.8 Å². The van der Waals surface area contributed by atoms with Crippen LogP contribution < -0.4 is 19.7 Å². The highest BCUT2D eigenvalue weighted by Crippen LogP contribution is 2.34. The first kappa shape index (κ1) is 19.4. The highest BCUT2D eigenvalue weighted by Gasteiger charge is 2.27. The normalized spacial score (nSPS) is 17.5. The Balaban J connectivity index is 1.25. The second-order valence-corrected chi connectivity index (χ2v) is 7.99. The van der Waals surface area contributed by atoms with Crippen LogP contribution in [0.4, 0.5) is 11.5 Å². The largest absolute Gasteiger partial charge is 0.454 e. The third kappa shape index (κ3) is 4.17. The van der Waals surface area contributed by atoms with Crippen molar-refractivity contribution in [1.29, 1.82) is 0 Å². The molecule has 158 valence electrons. The Hall–Kier alpha value is -3.61. The van der Waals surface area contributed by atoms with Crippen LogP contribution in [0.1, 0.15) is 18.4 Å². The molecular weight excluding hydrogens is 392 g/mol. The van der Waals surface area contributed by atoms with Gasteiger partial charge in [-0.15, -0.1) is 10.2 Å². The lowest BCUT2D eigenvalue weighted by Gasteiger charge is -2.32. The Labute approximate surface area is 181 Å². The standard InChI is InChI=1S/C24H24N4O3/c1-16-4-2-5-17(12-16)20-8-10-23(27-26-20)28-11-3-6-18(14-28)24(29)25-19-7-9-21-22(13-19)31-15-30-21/h2,4-5,7-10,12-13,18H,3,6,11,14-15H2,1H3,(H,25,29). The number of nitrogens with zero attached hydrogens (tertiary/aromatic N) is 3. The summed E-state index contributed by atoms with van der Waals surface area (Å²) in [4.78, 5) is 15.0. The maximum atomic E-state index is 12.9. The zero-order chi connectivity index (χ0) is 21.2. The lowest BCUT2D eigenvalue weighted by Crippen LogP contribution is -2.41. The van der Waals surface area contributed by atoms with Crippen molar-refractivity contribution in [1.82, 2.24) is 10.2 Å². The number of rotatable bonds is 4. The first-order valence-electron chi connectivity index (χ1n) is 10.5. The van der Waals surface area contributed by atoms with Crippen LogP contribution in [0, 0.1) is 12.8 Å². The number of aromatic nitrogens is 2. The van der Waals surface area contributed by atoms with Gasteiger partial charge in [0.15, 0.2) is 17.3 Å². The number of benzene rings is 2. The van der Waals surface area contributed by atoms with E-state index in [9.17, 15) is 4.79 Å². The molecule has 5 rings (SSSR count). The molecule has 7 heteroatoms. The Kier molecular flexibility index (Phi) is 5.16. The summed E-state index contributed by atoms with van der Waals surface area (Å²) in [5.41, 5.74) is 3.81. The van der Waals surface area contributed by atoms with Gasteiger partial charge in [0.1, 0.15) is 0 Å². The molecule has 2 aliphatic heterocycles. The van der Waals surface area contributed by atoms with E-state index in [0.717, 1.165) is 36.5 Å². The molecule has 1 N–H and O–H groups in total. The predicted molar refractivity (Wildman–Crippen MR) is 118 cm³/mol. The number of aryl methyl sites for hydroxylation is 1. The summed E-state index contributed by atoms with van der Waals surface area (Å²) in [6, 6.07) is 17.7. The number of carbonyl (C=O) groups excluding carboxylic acids is 1. The molecule has 1 fully saturated rings. The van der Waals surface area contributed by atoms with E-state index >= 15 is 0 Å². The fraction of sp³-hybridized carbons (Fsp3) is 0.292. The van der Waals surface area contributed by atoms with E-state index in [0.29, 0.717) is 23.7 Å². The number of ether oxygens (including phenoxy) is 2. The third-order valence-electron chi connectivity index (χ3n) is 5.72. The van der Waals surface area contributed by atoms with Crippen molar-refractivity contribution in [2.24, 2.45) is 5.92 Å². The Bertz CT molecular complexity index is 1100. The molecule has 0 aliphatic carbocycles. The van der Waals surface area contributed by atoms with Crippen molar-refractivity contribution in [2.45, 2.75) is 19.8 Å². The summed E-state index contributed by atoms with van der Waals surface area (Å²) >= 11 is 0. The molecule has 0 spiro atoms. The van der Waals surface area contributed by atoms with Crippen LogP contribution in [0.15, 0.2) is 54.6 Å². The van der Waals surface area contributed by atoms with Crippen LogP contribution >= 0.6 is 0 Å². The molecular formula is C24H24N4O3. The summed E-state index contributed by atoms with van der Waals surface area (Å²) in [7, 11) is 0. The SMILES string of the molecule is Cc1cccc(-c2ccc(N3CCCC(C(=O)Nc4ccc5c(c4)OCO5)C3)nn2)c1. The quantitative estimate of drug-likeness (QED) is 0.692. The van der Waals surface area contributed by atoms with E-state index in [2.05, 4.69) is 39.5 Å². The number of anilines is 2. The van der Waals surface area contributed by atoms with Crippen molar-refractivity contribution in [3.05, 3.63) is 60.2 Å². The Morgan fingerprint density at radius 2 is 1.97 bits per heavy atom. The molecule has 1 amide bonds. The Morgan fingerprint density at radius 1 is 1.06 bits per heavy atom. The third-order valence-corrected chi connectivity index (χ3v) is 5.72. The van der Waals surface area contributed by atoms with Gasteiger partial charge in [0.2, 0.25) is 12.7 Å². The lowest BCUT2D eigenvalue weighted by molar-refractivity contribution is -0.120. The summed E-state index contributed by atoms with van der Waals surface area (Å²) in [5.74, 6) is 2.06. The smallest absolute Gasteiger partial charge is 0.231 e. The van der Waals surface area contributed by atoms with E-state index in [-0.39, 0.29) is 18.6 Å². The highest BCUT2D eigenvalue weighted by atomic mass is 16.7. The van der Waals surface area contributed by atoms with E-state index in [1.807, 2.05) is 36.4 Å². The van der Waals surface area contributed by atoms with E-state index < -0.39 is 0 Å². The minimum absolute atomic E-state index is 0.00732. The van der Waals surface area contributed by atoms with Crippen LogP contribution in [0.5, 0.6) is 11.5 Å². The van der Waals surface area contributed by atoms with Crippen LogP contribution in [0.3, 0.4) is 0 Å². The molecule has 7 nitrogen and oxygen atoms in total. The second kappa shape index (κ2) is 8.26. The number of carbonyl (C=O) groups is 1. The number of fused-ring (bicyclic) bond motifs is 1. The zero-order valence-corrected chi connectivity index (χ0v) is 17.4. The zero-order valence-electron chi connectivity index (χ0n) is 17.4. The second-order valence-electron chi connectivity index (χ2n) is 7.99. The molecule has 0 radical (unpaired) electrons. The molecule has 0 bridgehead atoms. The van der Waals surface area contributed by atoms with Gasteiger partial charge in [-0.25, -0.2) is 0 Å². The van der Waals surface area contributed by atoms with Crippen molar-refractivity contribution >= 4 is 17.4 Å². The van der Waals surface area contributed by atoms with Gasteiger partial charge in [0, 0.05) is 30.4 Å². The number of nitrogens with one attached hydrogen (secondary N) is 1.